The van der Waals surface area contributed by atoms with Crippen molar-refractivity contribution in [2.75, 3.05) is 0 Å². The molecule has 0 fully saturated rings. The van der Waals surface area contributed by atoms with Crippen LogP contribution in [-0.2, 0) is 13.1 Å². The van der Waals surface area contributed by atoms with Gasteiger partial charge in [0, 0.05) is 11.6 Å². The Balaban J connectivity index is 1.35. The molecule has 0 aliphatic carbocycles. The molecule has 0 N–H and O–H groups in total. The molecule has 5 aromatic rings. The summed E-state index contributed by atoms with van der Waals surface area (Å²) >= 11 is 0. The normalized spacial score (nSPS) is 11.5. The van der Waals surface area contributed by atoms with Crippen molar-refractivity contribution in [1.29, 1.82) is 0 Å². The molecule has 12 heteroatoms. The lowest BCUT2D eigenvalue weighted by molar-refractivity contribution is 0.242. The Morgan fingerprint density at radius 1 is 1.06 bits per heavy atom. The standard InChI is InChI=1S/C23H19F2N7O3/c1-13(2)34-18-5-3-15(4-6-18)21-27-19(35-29-21)11-31-12-26-22-20(23(31)33)28-30-32(22)10-14-7-16(24)9-17(25)8-14/h3-9,12-13H,10-11H2,1-2H3. The Hall–Kier alpha value is -4.48. The molecule has 178 valence electrons. The number of halogens is 2. The van der Waals surface area contributed by atoms with Crippen LogP contribution in [0, 0.1) is 11.6 Å². The molecule has 0 aliphatic rings. The largest absolute Gasteiger partial charge is 0.491 e. The third-order valence-corrected chi connectivity index (χ3v) is 5.00. The zero-order valence-electron chi connectivity index (χ0n) is 18.7. The van der Waals surface area contributed by atoms with E-state index in [4.69, 9.17) is 9.26 Å². The molecule has 0 atom stereocenters. The molecular weight excluding hydrogens is 460 g/mol. The summed E-state index contributed by atoms with van der Waals surface area (Å²) < 4.78 is 40.5. The number of ether oxygens (including phenoxy) is 1. The van der Waals surface area contributed by atoms with Gasteiger partial charge in [-0.05, 0) is 55.8 Å². The van der Waals surface area contributed by atoms with Crippen molar-refractivity contribution in [2.24, 2.45) is 0 Å². The molecule has 0 saturated carbocycles. The van der Waals surface area contributed by atoms with Gasteiger partial charge in [-0.25, -0.2) is 18.4 Å². The average Bonchev–Trinajstić information content (AvgIpc) is 3.43. The third-order valence-electron chi connectivity index (χ3n) is 5.00. The van der Waals surface area contributed by atoms with Crippen molar-refractivity contribution in [1.82, 2.24) is 34.7 Å². The van der Waals surface area contributed by atoms with E-state index in [1.54, 1.807) is 0 Å². The van der Waals surface area contributed by atoms with Crippen LogP contribution in [0.4, 0.5) is 8.78 Å². The summed E-state index contributed by atoms with van der Waals surface area (Å²) in [6, 6.07) is 10.4. The minimum Gasteiger partial charge on any atom is -0.491 e. The van der Waals surface area contributed by atoms with Crippen LogP contribution in [0.3, 0.4) is 0 Å². The van der Waals surface area contributed by atoms with Crippen LogP contribution < -0.4 is 10.3 Å². The first-order chi connectivity index (χ1) is 16.9. The van der Waals surface area contributed by atoms with Crippen LogP contribution in [-0.4, -0.2) is 40.8 Å². The first kappa shape index (κ1) is 22.3. The fourth-order valence-electron chi connectivity index (χ4n) is 3.52. The van der Waals surface area contributed by atoms with Gasteiger partial charge < -0.3 is 9.26 Å². The summed E-state index contributed by atoms with van der Waals surface area (Å²) in [4.78, 5) is 21.5. The lowest BCUT2D eigenvalue weighted by Gasteiger charge is -2.09. The van der Waals surface area contributed by atoms with E-state index in [0.29, 0.717) is 11.4 Å². The van der Waals surface area contributed by atoms with Crippen LogP contribution in [0.1, 0.15) is 25.3 Å². The second-order valence-electron chi connectivity index (χ2n) is 8.08. The van der Waals surface area contributed by atoms with Gasteiger partial charge in [0.05, 0.1) is 12.6 Å². The summed E-state index contributed by atoms with van der Waals surface area (Å²) in [6.07, 6.45) is 1.37. The molecule has 2 aromatic carbocycles. The number of rotatable bonds is 7. The fourth-order valence-corrected chi connectivity index (χ4v) is 3.52. The quantitative estimate of drug-likeness (QED) is 0.350. The first-order valence-electron chi connectivity index (χ1n) is 10.7. The van der Waals surface area contributed by atoms with Crippen LogP contribution in [0.15, 0.2) is 58.1 Å². The van der Waals surface area contributed by atoms with Gasteiger partial charge in [-0.15, -0.1) is 5.10 Å². The van der Waals surface area contributed by atoms with Gasteiger partial charge in [-0.1, -0.05) is 10.4 Å². The second-order valence-corrected chi connectivity index (χ2v) is 8.08. The Kier molecular flexibility index (Phi) is 5.77. The van der Waals surface area contributed by atoms with Crippen molar-refractivity contribution in [3.63, 3.8) is 0 Å². The predicted molar refractivity (Wildman–Crippen MR) is 120 cm³/mol. The Morgan fingerprint density at radius 3 is 2.51 bits per heavy atom. The van der Waals surface area contributed by atoms with Crippen molar-refractivity contribution in [2.45, 2.75) is 33.0 Å². The molecule has 3 aromatic heterocycles. The summed E-state index contributed by atoms with van der Waals surface area (Å²) in [5.74, 6) is -0.120. The summed E-state index contributed by atoms with van der Waals surface area (Å²) in [6.45, 7) is 3.86. The van der Waals surface area contributed by atoms with Crippen molar-refractivity contribution in [3.05, 3.63) is 82.2 Å². The first-order valence-corrected chi connectivity index (χ1v) is 10.7. The molecule has 5 rings (SSSR count). The highest BCUT2D eigenvalue weighted by Gasteiger charge is 2.16. The smallest absolute Gasteiger partial charge is 0.283 e. The number of nitrogens with zero attached hydrogens (tertiary/aromatic N) is 7. The number of benzene rings is 2. The van der Waals surface area contributed by atoms with Crippen molar-refractivity contribution in [3.8, 4) is 17.1 Å². The van der Waals surface area contributed by atoms with Gasteiger partial charge in [-0.2, -0.15) is 4.98 Å². The van der Waals surface area contributed by atoms with E-state index in [0.717, 1.165) is 17.4 Å². The average molecular weight is 479 g/mol. The minimum absolute atomic E-state index is 0.00431. The molecule has 0 radical (unpaired) electrons. The molecule has 0 amide bonds. The lowest BCUT2D eigenvalue weighted by atomic mass is 10.2. The van der Waals surface area contributed by atoms with E-state index in [2.05, 4.69) is 25.4 Å². The molecule has 3 heterocycles. The summed E-state index contributed by atoms with van der Waals surface area (Å²) in [5.41, 5.74) is 0.772. The van der Waals surface area contributed by atoms with E-state index in [1.165, 1.54) is 27.7 Å². The number of fused-ring (bicyclic) bond motifs is 1. The maximum Gasteiger partial charge on any atom is 0.283 e. The van der Waals surface area contributed by atoms with Gasteiger partial charge in [0.15, 0.2) is 11.2 Å². The van der Waals surface area contributed by atoms with Crippen LogP contribution >= 0.6 is 0 Å². The van der Waals surface area contributed by atoms with Crippen LogP contribution in [0.5, 0.6) is 5.75 Å². The number of hydrogen-bond donors (Lipinski definition) is 0. The Labute approximate surface area is 196 Å². The Morgan fingerprint density at radius 2 is 1.80 bits per heavy atom. The summed E-state index contributed by atoms with van der Waals surface area (Å²) in [7, 11) is 0. The summed E-state index contributed by atoms with van der Waals surface area (Å²) in [5, 5.41) is 11.8. The monoisotopic (exact) mass is 479 g/mol. The van der Waals surface area contributed by atoms with Crippen molar-refractivity contribution >= 4 is 11.2 Å². The predicted octanol–water partition coefficient (Wildman–Crippen LogP) is 3.20. The maximum atomic E-state index is 13.5. The van der Waals surface area contributed by atoms with E-state index in [1.807, 2.05) is 38.1 Å². The van der Waals surface area contributed by atoms with E-state index in [-0.39, 0.29) is 36.2 Å². The zero-order chi connectivity index (χ0) is 24.5. The maximum absolute atomic E-state index is 13.5. The molecule has 0 saturated heterocycles. The fraction of sp³-hybridized carbons (Fsp3) is 0.217. The van der Waals surface area contributed by atoms with E-state index >= 15 is 0 Å². The van der Waals surface area contributed by atoms with E-state index < -0.39 is 17.2 Å². The van der Waals surface area contributed by atoms with Gasteiger partial charge in [0.25, 0.3) is 5.56 Å². The minimum atomic E-state index is -0.710. The van der Waals surface area contributed by atoms with Crippen LogP contribution in [0.25, 0.3) is 22.6 Å². The molecule has 0 bridgehead atoms. The highest BCUT2D eigenvalue weighted by molar-refractivity contribution is 5.67. The van der Waals surface area contributed by atoms with Crippen LogP contribution in [0.2, 0.25) is 0 Å². The van der Waals surface area contributed by atoms with E-state index in [9.17, 15) is 13.6 Å². The topological polar surface area (TPSA) is 114 Å². The number of aromatic nitrogens is 7. The lowest BCUT2D eigenvalue weighted by Crippen LogP contribution is -2.21. The highest BCUT2D eigenvalue weighted by Crippen LogP contribution is 2.21. The molecule has 10 nitrogen and oxygen atoms in total. The molecule has 0 spiro atoms. The van der Waals surface area contributed by atoms with Gasteiger partial charge in [0.1, 0.15) is 30.3 Å². The molecule has 0 aliphatic heterocycles. The third kappa shape index (κ3) is 4.76. The number of hydrogen-bond acceptors (Lipinski definition) is 8. The van der Waals surface area contributed by atoms with Gasteiger partial charge >= 0.3 is 0 Å². The highest BCUT2D eigenvalue weighted by atomic mass is 19.1. The van der Waals surface area contributed by atoms with Gasteiger partial charge in [0.2, 0.25) is 11.7 Å². The Bertz CT molecular complexity index is 1540. The molecule has 35 heavy (non-hydrogen) atoms. The second kappa shape index (κ2) is 9.05. The SMILES string of the molecule is CC(C)Oc1ccc(-c2noc(Cn3cnc4c(nnn4Cc4cc(F)cc(F)c4)c3=O)n2)cc1. The molecular formula is C23H19F2N7O3. The zero-order valence-corrected chi connectivity index (χ0v) is 18.7. The van der Waals surface area contributed by atoms with Gasteiger partial charge in [-0.3, -0.25) is 9.36 Å². The van der Waals surface area contributed by atoms with Crippen molar-refractivity contribution < 1.29 is 18.0 Å². The molecule has 0 unspecified atom stereocenters.